The monoisotopic (exact) mass is 921 g/mol. The Morgan fingerprint density at radius 2 is 0.667 bits per heavy atom. The van der Waals surface area contributed by atoms with Crippen molar-refractivity contribution in [1.29, 1.82) is 0 Å². The molecule has 0 bridgehead atoms. The average Bonchev–Trinajstić information content (AvgIpc) is 4.06. The zero-order valence-electron chi connectivity index (χ0n) is 40.2. The zero-order valence-corrected chi connectivity index (χ0v) is 40.2. The van der Waals surface area contributed by atoms with E-state index in [1.54, 1.807) is 0 Å². The number of nitrogens with zero attached hydrogens (tertiary/aromatic N) is 5. The maximum absolute atomic E-state index is 5.20. The van der Waals surface area contributed by atoms with Crippen molar-refractivity contribution < 1.29 is 0 Å². The fraction of sp³-hybridized carbons (Fsp3) is 0.0448. The minimum absolute atomic E-state index is 0.733. The molecule has 0 radical (unpaired) electrons. The van der Waals surface area contributed by atoms with Gasteiger partial charge in [-0.2, -0.15) is 0 Å². The van der Waals surface area contributed by atoms with Crippen molar-refractivity contribution in [3.63, 3.8) is 0 Å². The minimum Gasteiger partial charge on any atom is -0.309 e. The van der Waals surface area contributed by atoms with Crippen molar-refractivity contribution in [1.82, 2.24) is 23.7 Å². The molecule has 10 aromatic carbocycles. The van der Waals surface area contributed by atoms with E-state index in [1.165, 1.54) is 71.1 Å². The highest BCUT2D eigenvalue weighted by Gasteiger charge is 2.20. The zero-order chi connectivity index (χ0) is 48.0. The maximum Gasteiger partial charge on any atom is 0.160 e. The first-order chi connectivity index (χ1) is 35.4. The molecule has 5 nitrogen and oxygen atoms in total. The third-order valence-corrected chi connectivity index (χ3v) is 14.9. The standard InChI is InChI=1S/C67H47N5/c1-42-16-4-6-18-51(42)60-41-59(68-67(69-60)52-19-7-5-17-43(52)2)46-30-35-50(44(3)38-46)45-28-31-47(32-29-45)70-65-36-33-48(71-61-24-12-8-20-53(61)54-21-9-13-25-62(54)71)39-57(65)58-40-49(34-37-66(58)70)72-63-26-14-10-22-55(63)56-23-11-15-27-64(56)72/h4-41H,1-3H3. The first-order valence-electron chi connectivity index (χ1n) is 24.7. The second kappa shape index (κ2) is 16.4. The van der Waals surface area contributed by atoms with E-state index in [2.05, 4.69) is 265 Å². The average molecular weight is 922 g/mol. The number of fused-ring (bicyclic) bond motifs is 9. The molecule has 0 unspecified atom stereocenters. The summed E-state index contributed by atoms with van der Waals surface area (Å²) in [6, 6.07) is 83.7. The van der Waals surface area contributed by atoms with E-state index in [0.29, 0.717) is 0 Å². The van der Waals surface area contributed by atoms with Gasteiger partial charge < -0.3 is 13.7 Å². The van der Waals surface area contributed by atoms with Crippen LogP contribution >= 0.6 is 0 Å². The Balaban J connectivity index is 0.899. The van der Waals surface area contributed by atoms with Crippen molar-refractivity contribution in [2.45, 2.75) is 20.8 Å². The van der Waals surface area contributed by atoms with E-state index in [9.17, 15) is 0 Å². The normalized spacial score (nSPS) is 11.8. The van der Waals surface area contributed by atoms with E-state index < -0.39 is 0 Å². The summed E-state index contributed by atoms with van der Waals surface area (Å²) in [6.07, 6.45) is 0. The predicted octanol–water partition coefficient (Wildman–Crippen LogP) is 17.4. The lowest BCUT2D eigenvalue weighted by atomic mass is 9.96. The highest BCUT2D eigenvalue weighted by molar-refractivity contribution is 6.14. The highest BCUT2D eigenvalue weighted by Crippen LogP contribution is 2.41. The quantitative estimate of drug-likeness (QED) is 0.160. The predicted molar refractivity (Wildman–Crippen MR) is 301 cm³/mol. The Kier molecular flexibility index (Phi) is 9.48. The van der Waals surface area contributed by atoms with Gasteiger partial charge in [0.15, 0.2) is 5.82 Å². The van der Waals surface area contributed by atoms with Crippen LogP contribution in [-0.4, -0.2) is 23.7 Å². The minimum atomic E-state index is 0.733. The molecule has 5 heteroatoms. The van der Waals surface area contributed by atoms with Crippen molar-refractivity contribution in [2.24, 2.45) is 0 Å². The molecule has 0 atom stereocenters. The highest BCUT2D eigenvalue weighted by atomic mass is 15.0. The Bertz CT molecular complexity index is 4150. The van der Waals surface area contributed by atoms with E-state index in [0.717, 1.165) is 73.1 Å². The van der Waals surface area contributed by atoms with Gasteiger partial charge in [0.2, 0.25) is 0 Å². The second-order valence-corrected chi connectivity index (χ2v) is 19.1. The Labute approximate surface area is 417 Å². The lowest BCUT2D eigenvalue weighted by Crippen LogP contribution is -1.98. The van der Waals surface area contributed by atoms with Gasteiger partial charge in [0, 0.05) is 66.1 Å². The molecule has 0 saturated heterocycles. The summed E-state index contributed by atoms with van der Waals surface area (Å²) in [4.78, 5) is 10.3. The van der Waals surface area contributed by atoms with E-state index in [-0.39, 0.29) is 0 Å². The fourth-order valence-electron chi connectivity index (χ4n) is 11.4. The van der Waals surface area contributed by atoms with Gasteiger partial charge in [0.1, 0.15) is 0 Å². The third kappa shape index (κ3) is 6.55. The molecule has 0 fully saturated rings. The van der Waals surface area contributed by atoms with Gasteiger partial charge in [-0.1, -0.05) is 146 Å². The molecule has 0 aliphatic heterocycles. The van der Waals surface area contributed by atoms with Gasteiger partial charge >= 0.3 is 0 Å². The molecule has 0 aliphatic carbocycles. The molecule has 0 aliphatic rings. The van der Waals surface area contributed by atoms with Gasteiger partial charge in [-0.05, 0) is 134 Å². The summed E-state index contributed by atoms with van der Waals surface area (Å²) in [6.45, 7) is 6.47. The molecule has 0 spiro atoms. The summed E-state index contributed by atoms with van der Waals surface area (Å²) < 4.78 is 7.27. The molecule has 14 rings (SSSR count). The van der Waals surface area contributed by atoms with E-state index in [4.69, 9.17) is 9.97 Å². The summed E-state index contributed by atoms with van der Waals surface area (Å²) in [5.74, 6) is 0.733. The van der Waals surface area contributed by atoms with Crippen LogP contribution in [0.4, 0.5) is 0 Å². The van der Waals surface area contributed by atoms with Gasteiger partial charge in [0.05, 0.1) is 44.5 Å². The van der Waals surface area contributed by atoms with Crippen molar-refractivity contribution >= 4 is 65.4 Å². The molecule has 4 heterocycles. The van der Waals surface area contributed by atoms with Gasteiger partial charge in [-0.25, -0.2) is 9.97 Å². The first kappa shape index (κ1) is 41.6. The van der Waals surface area contributed by atoms with Crippen LogP contribution in [0.15, 0.2) is 231 Å². The van der Waals surface area contributed by atoms with E-state index >= 15 is 0 Å². The molecule has 4 aromatic heterocycles. The summed E-state index contributed by atoms with van der Waals surface area (Å²) in [5, 5.41) is 7.41. The smallest absolute Gasteiger partial charge is 0.160 e. The van der Waals surface area contributed by atoms with Crippen molar-refractivity contribution in [3.05, 3.63) is 247 Å². The number of hydrogen-bond donors (Lipinski definition) is 0. The molecule has 0 saturated carbocycles. The van der Waals surface area contributed by atoms with E-state index in [1.807, 2.05) is 0 Å². The molecule has 0 amide bonds. The number of aryl methyl sites for hydroxylation is 3. The van der Waals surface area contributed by atoms with Crippen LogP contribution < -0.4 is 0 Å². The molecular formula is C67H47N5. The molecular weight excluding hydrogens is 875 g/mol. The van der Waals surface area contributed by atoms with Crippen LogP contribution in [0, 0.1) is 20.8 Å². The summed E-state index contributed by atoms with van der Waals surface area (Å²) >= 11 is 0. The fourth-order valence-corrected chi connectivity index (χ4v) is 11.4. The number of hydrogen-bond acceptors (Lipinski definition) is 2. The Morgan fingerprint density at radius 3 is 1.17 bits per heavy atom. The van der Waals surface area contributed by atoms with Crippen LogP contribution in [0.25, 0.3) is 128 Å². The molecule has 14 aromatic rings. The van der Waals surface area contributed by atoms with Crippen LogP contribution in [0.1, 0.15) is 16.7 Å². The molecule has 72 heavy (non-hydrogen) atoms. The lowest BCUT2D eigenvalue weighted by Gasteiger charge is -2.14. The largest absolute Gasteiger partial charge is 0.309 e. The number of aromatic nitrogens is 5. The lowest BCUT2D eigenvalue weighted by molar-refractivity contribution is 1.16. The summed E-state index contributed by atoms with van der Waals surface area (Å²) in [7, 11) is 0. The van der Waals surface area contributed by atoms with Gasteiger partial charge in [-0.3, -0.25) is 0 Å². The van der Waals surface area contributed by atoms with Gasteiger partial charge in [0.25, 0.3) is 0 Å². The van der Waals surface area contributed by atoms with Gasteiger partial charge in [-0.15, -0.1) is 0 Å². The van der Waals surface area contributed by atoms with Crippen molar-refractivity contribution in [2.75, 3.05) is 0 Å². The van der Waals surface area contributed by atoms with Crippen molar-refractivity contribution in [3.8, 4) is 62.1 Å². The molecule has 0 N–H and O–H groups in total. The Hall–Kier alpha value is -9.32. The second-order valence-electron chi connectivity index (χ2n) is 19.1. The topological polar surface area (TPSA) is 40.6 Å². The summed E-state index contributed by atoms with van der Waals surface area (Å²) in [5.41, 5.74) is 21.4. The number of benzene rings is 10. The van der Waals surface area contributed by atoms with Crippen LogP contribution in [0.2, 0.25) is 0 Å². The van der Waals surface area contributed by atoms with Crippen LogP contribution in [0.5, 0.6) is 0 Å². The Morgan fingerprint density at radius 1 is 0.264 bits per heavy atom. The number of para-hydroxylation sites is 4. The maximum atomic E-state index is 5.20. The number of rotatable bonds is 7. The van der Waals surface area contributed by atoms with Crippen LogP contribution in [0.3, 0.4) is 0 Å². The third-order valence-electron chi connectivity index (χ3n) is 14.9. The SMILES string of the molecule is Cc1cc(-c2cc(-c3ccccc3C)nc(-c3ccccc3C)n2)ccc1-c1ccc(-n2c3ccc(-n4c5ccccc5c5ccccc54)cc3c3cc(-n4c5ccccc5c5ccccc54)ccc32)cc1. The first-order valence-corrected chi connectivity index (χ1v) is 24.7. The molecule has 340 valence electrons. The van der Waals surface area contributed by atoms with Crippen LogP contribution in [-0.2, 0) is 0 Å².